The fourth-order valence-electron chi connectivity index (χ4n) is 1.34. The zero-order valence-electron chi connectivity index (χ0n) is 10.1. The number of hydrogen-bond acceptors (Lipinski definition) is 3. The molecule has 0 fully saturated rings. The lowest BCUT2D eigenvalue weighted by Gasteiger charge is -2.16. The van der Waals surface area contributed by atoms with Crippen molar-refractivity contribution in [3.05, 3.63) is 33.8 Å². The smallest absolute Gasteiger partial charge is 0.325 e. The van der Waals surface area contributed by atoms with Gasteiger partial charge in [-0.15, -0.1) is 0 Å². The molecule has 0 heterocycles. The van der Waals surface area contributed by atoms with Crippen LogP contribution in [0, 0.1) is 0 Å². The first-order chi connectivity index (χ1) is 8.45. The highest BCUT2D eigenvalue weighted by atomic mass is 35.5. The molecule has 0 spiro atoms. The van der Waals surface area contributed by atoms with Crippen LogP contribution >= 0.6 is 23.2 Å². The monoisotopic (exact) mass is 289 g/mol. The molecule has 4 nitrogen and oxygen atoms in total. The predicted molar refractivity (Wildman–Crippen MR) is 70.1 cm³/mol. The second kappa shape index (κ2) is 6.61. The average molecular weight is 290 g/mol. The van der Waals surface area contributed by atoms with Gasteiger partial charge in [0.2, 0.25) is 0 Å². The zero-order chi connectivity index (χ0) is 13.7. The largest absolute Gasteiger partial charge is 0.465 e. The second-order valence-corrected chi connectivity index (χ2v) is 4.43. The summed E-state index contributed by atoms with van der Waals surface area (Å²) in [5.41, 5.74) is 0.260. The standard InChI is InChI=1S/C12H13Cl2NO3/c1-3-18-11(16)7-15(2)12(17)9-6-8(13)4-5-10(9)14/h4-6H,3,7H2,1-2H3. The minimum Gasteiger partial charge on any atom is -0.465 e. The van der Waals surface area contributed by atoms with Gasteiger partial charge < -0.3 is 9.64 Å². The molecule has 0 aromatic heterocycles. The Balaban J connectivity index is 2.80. The van der Waals surface area contributed by atoms with Crippen molar-refractivity contribution in [1.29, 1.82) is 0 Å². The number of likely N-dealkylation sites (N-methyl/N-ethyl adjacent to an activating group) is 1. The summed E-state index contributed by atoms with van der Waals surface area (Å²) < 4.78 is 4.76. The Labute approximate surface area is 115 Å². The third-order valence-corrected chi connectivity index (χ3v) is 2.74. The molecule has 0 bridgehead atoms. The van der Waals surface area contributed by atoms with E-state index in [9.17, 15) is 9.59 Å². The van der Waals surface area contributed by atoms with E-state index < -0.39 is 5.97 Å². The first-order valence-electron chi connectivity index (χ1n) is 5.31. The van der Waals surface area contributed by atoms with E-state index in [2.05, 4.69) is 0 Å². The highest BCUT2D eigenvalue weighted by Gasteiger charge is 2.18. The molecule has 1 rings (SSSR count). The summed E-state index contributed by atoms with van der Waals surface area (Å²) in [6.45, 7) is 1.85. The van der Waals surface area contributed by atoms with Gasteiger partial charge >= 0.3 is 5.97 Å². The fourth-order valence-corrected chi connectivity index (χ4v) is 1.71. The minimum absolute atomic E-state index is 0.129. The molecule has 0 aliphatic rings. The minimum atomic E-state index is -0.466. The molecular formula is C12H13Cl2NO3. The fraction of sp³-hybridized carbons (Fsp3) is 0.333. The average Bonchev–Trinajstić information content (AvgIpc) is 2.31. The maximum absolute atomic E-state index is 12.0. The number of esters is 1. The van der Waals surface area contributed by atoms with E-state index in [4.69, 9.17) is 27.9 Å². The van der Waals surface area contributed by atoms with Crippen molar-refractivity contribution in [3.63, 3.8) is 0 Å². The molecule has 0 atom stereocenters. The number of benzene rings is 1. The molecular weight excluding hydrogens is 277 g/mol. The van der Waals surface area contributed by atoms with Crippen LogP contribution in [0.25, 0.3) is 0 Å². The molecule has 0 saturated heterocycles. The molecule has 0 saturated carbocycles. The number of nitrogens with zero attached hydrogens (tertiary/aromatic N) is 1. The molecule has 0 aliphatic heterocycles. The zero-order valence-corrected chi connectivity index (χ0v) is 11.6. The van der Waals surface area contributed by atoms with Crippen LogP contribution in [-0.2, 0) is 9.53 Å². The van der Waals surface area contributed by atoms with Crippen molar-refractivity contribution in [3.8, 4) is 0 Å². The van der Waals surface area contributed by atoms with Crippen molar-refractivity contribution in [2.45, 2.75) is 6.92 Å². The Bertz CT molecular complexity index is 463. The van der Waals surface area contributed by atoms with E-state index in [1.54, 1.807) is 13.0 Å². The van der Waals surface area contributed by atoms with Crippen LogP contribution < -0.4 is 0 Å². The maximum Gasteiger partial charge on any atom is 0.325 e. The Kier molecular flexibility index (Phi) is 5.44. The van der Waals surface area contributed by atoms with Crippen molar-refractivity contribution in [2.75, 3.05) is 20.2 Å². The molecule has 18 heavy (non-hydrogen) atoms. The summed E-state index contributed by atoms with van der Waals surface area (Å²) >= 11 is 11.7. The Morgan fingerprint density at radius 1 is 1.33 bits per heavy atom. The van der Waals surface area contributed by atoms with Gasteiger partial charge in [0.25, 0.3) is 5.91 Å². The number of rotatable bonds is 4. The Morgan fingerprint density at radius 3 is 2.61 bits per heavy atom. The van der Waals surface area contributed by atoms with E-state index in [0.717, 1.165) is 0 Å². The molecule has 1 aromatic carbocycles. The van der Waals surface area contributed by atoms with E-state index in [1.807, 2.05) is 0 Å². The third-order valence-electron chi connectivity index (χ3n) is 2.18. The van der Waals surface area contributed by atoms with Gasteiger partial charge in [-0.1, -0.05) is 23.2 Å². The van der Waals surface area contributed by atoms with Crippen LogP contribution in [0.2, 0.25) is 10.0 Å². The maximum atomic E-state index is 12.0. The van der Waals surface area contributed by atoms with Crippen LogP contribution in [0.3, 0.4) is 0 Å². The molecule has 98 valence electrons. The number of ether oxygens (including phenoxy) is 1. The summed E-state index contributed by atoms with van der Waals surface area (Å²) in [5.74, 6) is -0.845. The number of hydrogen-bond donors (Lipinski definition) is 0. The number of carbonyl (C=O) groups excluding carboxylic acids is 2. The number of carbonyl (C=O) groups is 2. The highest BCUT2D eigenvalue weighted by molar-refractivity contribution is 6.35. The van der Waals surface area contributed by atoms with Crippen molar-refractivity contribution < 1.29 is 14.3 Å². The van der Waals surface area contributed by atoms with Crippen LogP contribution in [0.1, 0.15) is 17.3 Å². The summed E-state index contributed by atoms with van der Waals surface area (Å²) in [6.07, 6.45) is 0. The first-order valence-corrected chi connectivity index (χ1v) is 6.07. The quantitative estimate of drug-likeness (QED) is 0.801. The van der Waals surface area contributed by atoms with Crippen molar-refractivity contribution in [1.82, 2.24) is 4.90 Å². The molecule has 0 aliphatic carbocycles. The van der Waals surface area contributed by atoms with Crippen molar-refractivity contribution >= 4 is 35.1 Å². The summed E-state index contributed by atoms with van der Waals surface area (Å²) in [5, 5.41) is 0.701. The molecule has 0 N–H and O–H groups in total. The number of halogens is 2. The van der Waals surface area contributed by atoms with Crippen LogP contribution in [0.4, 0.5) is 0 Å². The second-order valence-electron chi connectivity index (χ2n) is 3.59. The first kappa shape index (κ1) is 14.8. The van der Waals surface area contributed by atoms with Crippen molar-refractivity contribution in [2.24, 2.45) is 0 Å². The molecule has 1 amide bonds. The SMILES string of the molecule is CCOC(=O)CN(C)C(=O)c1cc(Cl)ccc1Cl. The molecule has 0 unspecified atom stereocenters. The van der Waals surface area contributed by atoms with Crippen LogP contribution in [0.5, 0.6) is 0 Å². The van der Waals surface area contributed by atoms with Gasteiger partial charge in [-0.2, -0.15) is 0 Å². The highest BCUT2D eigenvalue weighted by Crippen LogP contribution is 2.21. The lowest BCUT2D eigenvalue weighted by atomic mass is 10.2. The van der Waals surface area contributed by atoms with Gasteiger partial charge in [0.1, 0.15) is 6.54 Å². The van der Waals surface area contributed by atoms with Crippen LogP contribution in [-0.4, -0.2) is 37.0 Å². The van der Waals surface area contributed by atoms with Gasteiger partial charge in [0.05, 0.1) is 17.2 Å². The number of amides is 1. The normalized spacial score (nSPS) is 10.0. The van der Waals surface area contributed by atoms with E-state index >= 15 is 0 Å². The third kappa shape index (κ3) is 3.89. The Hall–Kier alpha value is -1.26. The summed E-state index contributed by atoms with van der Waals surface area (Å²) in [7, 11) is 1.50. The van der Waals surface area contributed by atoms with Gasteiger partial charge in [-0.25, -0.2) is 0 Å². The summed E-state index contributed by atoms with van der Waals surface area (Å²) in [4.78, 5) is 24.5. The summed E-state index contributed by atoms with van der Waals surface area (Å²) in [6, 6.07) is 4.59. The van der Waals surface area contributed by atoms with Crippen LogP contribution in [0.15, 0.2) is 18.2 Å². The van der Waals surface area contributed by atoms with E-state index in [0.29, 0.717) is 10.0 Å². The van der Waals surface area contributed by atoms with Gasteiger partial charge in [-0.05, 0) is 25.1 Å². The topological polar surface area (TPSA) is 46.6 Å². The lowest BCUT2D eigenvalue weighted by Crippen LogP contribution is -2.33. The van der Waals surface area contributed by atoms with Gasteiger partial charge in [0.15, 0.2) is 0 Å². The van der Waals surface area contributed by atoms with Gasteiger partial charge in [-0.3, -0.25) is 9.59 Å². The predicted octanol–water partition coefficient (Wildman–Crippen LogP) is 2.63. The van der Waals surface area contributed by atoms with Gasteiger partial charge in [0, 0.05) is 12.1 Å². The van der Waals surface area contributed by atoms with E-state index in [-0.39, 0.29) is 24.6 Å². The molecule has 1 aromatic rings. The van der Waals surface area contributed by atoms with E-state index in [1.165, 1.54) is 24.1 Å². The Morgan fingerprint density at radius 2 is 2.00 bits per heavy atom. The molecule has 6 heteroatoms. The molecule has 0 radical (unpaired) electrons. The lowest BCUT2D eigenvalue weighted by molar-refractivity contribution is -0.143.